The Balaban J connectivity index is 1.27. The van der Waals surface area contributed by atoms with Crippen LogP contribution in [0.3, 0.4) is 0 Å². The highest BCUT2D eigenvalue weighted by Crippen LogP contribution is 2.49. The van der Waals surface area contributed by atoms with Crippen LogP contribution in [-0.4, -0.2) is 87.5 Å². The van der Waals surface area contributed by atoms with Crippen molar-refractivity contribution < 1.29 is 27.1 Å². The number of hydrogen-bond donors (Lipinski definition) is 1. The second-order valence-corrected chi connectivity index (χ2v) is 15.4. The Kier molecular flexibility index (Phi) is 9.10. The number of ether oxygens (including phenoxy) is 1. The summed E-state index contributed by atoms with van der Waals surface area (Å²) in [7, 11) is 3.27. The molecule has 17 heteroatoms. The molecule has 1 aromatic carbocycles. The van der Waals surface area contributed by atoms with Gasteiger partial charge in [-0.1, -0.05) is 23.2 Å². The minimum Gasteiger partial charge on any atom is -0.461 e. The third-order valence-corrected chi connectivity index (χ3v) is 11.9. The van der Waals surface area contributed by atoms with E-state index < -0.39 is 33.7 Å². The first-order valence-corrected chi connectivity index (χ1v) is 18.0. The smallest absolute Gasteiger partial charge is 0.418 e. The van der Waals surface area contributed by atoms with Crippen molar-refractivity contribution in [3.8, 4) is 6.01 Å². The molecule has 4 aliphatic heterocycles. The molecule has 2 N–H and O–H groups in total. The van der Waals surface area contributed by atoms with Gasteiger partial charge in [-0.2, -0.15) is 28.2 Å². The van der Waals surface area contributed by atoms with Crippen LogP contribution in [-0.2, 0) is 31.4 Å². The first-order valence-electron chi connectivity index (χ1n) is 16.2. The number of rotatable bonds is 6. The van der Waals surface area contributed by atoms with Crippen molar-refractivity contribution in [2.75, 3.05) is 51.0 Å². The molecule has 0 bridgehead atoms. The van der Waals surface area contributed by atoms with Crippen LogP contribution in [0.1, 0.15) is 69.5 Å². The van der Waals surface area contributed by atoms with Gasteiger partial charge in [0.1, 0.15) is 18.6 Å². The van der Waals surface area contributed by atoms with Gasteiger partial charge >= 0.3 is 12.2 Å². The number of thioether (sulfide) groups is 1. The van der Waals surface area contributed by atoms with E-state index in [9.17, 15) is 22.4 Å². The van der Waals surface area contributed by atoms with Crippen LogP contribution >= 0.6 is 35.0 Å². The molecule has 0 radical (unpaired) electrons. The molecule has 3 aromatic rings. The van der Waals surface area contributed by atoms with E-state index in [0.29, 0.717) is 55.4 Å². The van der Waals surface area contributed by atoms with Crippen LogP contribution in [0.4, 0.5) is 29.1 Å². The highest BCUT2D eigenvalue weighted by atomic mass is 35.5. The molecular formula is C32H36Cl2F4N8O2S. The molecule has 49 heavy (non-hydrogen) atoms. The lowest BCUT2D eigenvalue weighted by Crippen LogP contribution is -2.43. The fraction of sp³-hybridized carbons (Fsp3) is 0.562. The number of aryl methyl sites for hydroxylation is 1. The molecule has 3 atom stereocenters. The lowest BCUT2D eigenvalue weighted by Gasteiger charge is -2.33. The number of hydrogen-bond acceptors (Lipinski definition) is 9. The summed E-state index contributed by atoms with van der Waals surface area (Å²) in [5.41, 5.74) is 6.92. The molecule has 4 aliphatic rings. The SMILES string of the molecule is CN(C)C(=O)c1nn2c(c1Cl)CN(c1nc(OC[C@@]34CCCN3C[C@H](F)C4)nc3c1CSC(c1cc(N)cc(Cl)c1C(F)(F)F)C3)CCC2. The van der Waals surface area contributed by atoms with E-state index in [2.05, 4.69) is 10.00 Å². The predicted octanol–water partition coefficient (Wildman–Crippen LogP) is 6.18. The summed E-state index contributed by atoms with van der Waals surface area (Å²) in [6.45, 7) is 2.74. The second kappa shape index (κ2) is 13.0. The zero-order valence-electron chi connectivity index (χ0n) is 27.0. The zero-order chi connectivity index (χ0) is 34.8. The number of anilines is 2. The van der Waals surface area contributed by atoms with Gasteiger partial charge in [-0.3, -0.25) is 14.4 Å². The number of nitrogens with zero attached hydrogens (tertiary/aromatic N) is 7. The van der Waals surface area contributed by atoms with Crippen LogP contribution in [0.5, 0.6) is 6.01 Å². The molecule has 0 aliphatic carbocycles. The summed E-state index contributed by atoms with van der Waals surface area (Å²) in [5, 5.41) is 3.68. The van der Waals surface area contributed by atoms with Crippen LogP contribution in [0, 0.1) is 0 Å². The minimum absolute atomic E-state index is 0.000227. The van der Waals surface area contributed by atoms with Crippen LogP contribution < -0.4 is 15.4 Å². The number of benzene rings is 1. The average molecular weight is 744 g/mol. The fourth-order valence-corrected chi connectivity index (χ4v) is 9.54. The molecule has 1 amide bonds. The Labute approximate surface area is 295 Å². The van der Waals surface area contributed by atoms with Gasteiger partial charge < -0.3 is 20.3 Å². The summed E-state index contributed by atoms with van der Waals surface area (Å²) in [5.74, 6) is 0.584. The van der Waals surface area contributed by atoms with Gasteiger partial charge in [0, 0.05) is 68.8 Å². The molecule has 0 spiro atoms. The van der Waals surface area contributed by atoms with E-state index in [-0.39, 0.29) is 53.5 Å². The summed E-state index contributed by atoms with van der Waals surface area (Å²) >= 11 is 14.2. The predicted molar refractivity (Wildman–Crippen MR) is 180 cm³/mol. The lowest BCUT2D eigenvalue weighted by atomic mass is 9.95. The molecule has 10 nitrogen and oxygen atoms in total. The number of carbonyl (C=O) groups excluding carboxylic acids is 1. The third kappa shape index (κ3) is 6.40. The molecule has 2 aromatic heterocycles. The molecular weight excluding hydrogens is 707 g/mol. The van der Waals surface area contributed by atoms with Gasteiger partial charge in [-0.25, -0.2) is 4.39 Å². The molecule has 2 fully saturated rings. The number of amides is 1. The van der Waals surface area contributed by atoms with Crippen molar-refractivity contribution in [3.63, 3.8) is 0 Å². The van der Waals surface area contributed by atoms with Crippen molar-refractivity contribution in [3.05, 3.63) is 56.0 Å². The fourth-order valence-electron chi connectivity index (χ4n) is 7.62. The van der Waals surface area contributed by atoms with Gasteiger partial charge in [0.05, 0.1) is 39.1 Å². The number of nitrogen functional groups attached to an aromatic ring is 1. The molecule has 264 valence electrons. The molecule has 7 rings (SSSR count). The number of carbonyl (C=O) groups is 1. The maximum atomic E-state index is 14.5. The topological polar surface area (TPSA) is 106 Å². The highest BCUT2D eigenvalue weighted by Gasteiger charge is 2.49. The number of alkyl halides is 4. The Hall–Kier alpha value is -3.01. The van der Waals surface area contributed by atoms with Crippen LogP contribution in [0.15, 0.2) is 12.1 Å². The van der Waals surface area contributed by atoms with Gasteiger partial charge in [0.2, 0.25) is 0 Å². The number of nitrogens with two attached hydrogens (primary N) is 1. The standard InChI is InChI=1S/C32H36Cl2F4N8O2S/c1-43(2)29(47)27-26(34)23-14-44(6-4-8-46(23)42-27)28-20-15-49-24(19-9-18(39)10-21(33)25(19)32(36,37)38)11-22(20)40-30(41-28)48-16-31-5-3-7-45(31)13-17(35)12-31/h9-10,17,24H,3-8,11-16,39H2,1-2H3/t17-,24?,31+/m1/s1. The van der Waals surface area contributed by atoms with Gasteiger partial charge in [-0.15, -0.1) is 11.8 Å². The molecule has 1 unspecified atom stereocenters. The monoisotopic (exact) mass is 742 g/mol. The van der Waals surface area contributed by atoms with E-state index in [1.54, 1.807) is 18.8 Å². The highest BCUT2D eigenvalue weighted by molar-refractivity contribution is 7.98. The van der Waals surface area contributed by atoms with Crippen molar-refractivity contribution in [2.24, 2.45) is 0 Å². The molecule has 6 heterocycles. The number of fused-ring (bicyclic) bond motifs is 3. The Morgan fingerprint density at radius 3 is 2.73 bits per heavy atom. The Bertz CT molecular complexity index is 1790. The van der Waals surface area contributed by atoms with Crippen molar-refractivity contribution in [1.29, 1.82) is 0 Å². The first kappa shape index (κ1) is 34.4. The van der Waals surface area contributed by atoms with Crippen LogP contribution in [0.25, 0.3) is 0 Å². The zero-order valence-corrected chi connectivity index (χ0v) is 29.3. The van der Waals surface area contributed by atoms with Crippen molar-refractivity contribution >= 4 is 52.4 Å². The van der Waals surface area contributed by atoms with Gasteiger partial charge in [-0.05, 0) is 43.5 Å². The normalized spacial score (nSPS) is 24.0. The number of aromatic nitrogens is 4. The first-order chi connectivity index (χ1) is 23.2. The summed E-state index contributed by atoms with van der Waals surface area (Å²) in [4.78, 5) is 28.1. The lowest BCUT2D eigenvalue weighted by molar-refractivity contribution is -0.138. The maximum Gasteiger partial charge on any atom is 0.418 e. The summed E-state index contributed by atoms with van der Waals surface area (Å²) in [6.07, 6.45) is -2.72. The minimum atomic E-state index is -4.69. The number of halogens is 6. The molecule has 0 saturated carbocycles. The van der Waals surface area contributed by atoms with Gasteiger partial charge in [0.15, 0.2) is 5.69 Å². The van der Waals surface area contributed by atoms with E-state index in [0.717, 1.165) is 31.0 Å². The summed E-state index contributed by atoms with van der Waals surface area (Å²) < 4.78 is 65.4. The van der Waals surface area contributed by atoms with E-state index in [1.165, 1.54) is 22.7 Å². The largest absolute Gasteiger partial charge is 0.461 e. The maximum absolute atomic E-state index is 14.5. The van der Waals surface area contributed by atoms with Crippen LogP contribution in [0.2, 0.25) is 10.0 Å². The van der Waals surface area contributed by atoms with E-state index in [1.807, 2.05) is 4.90 Å². The average Bonchev–Trinajstić information content (AvgIpc) is 3.60. The summed E-state index contributed by atoms with van der Waals surface area (Å²) in [6, 6.07) is 2.53. The van der Waals surface area contributed by atoms with Gasteiger partial charge in [0.25, 0.3) is 5.91 Å². The quantitative estimate of drug-likeness (QED) is 0.234. The van der Waals surface area contributed by atoms with E-state index in [4.69, 9.17) is 43.6 Å². The second-order valence-electron chi connectivity index (χ2n) is 13.4. The van der Waals surface area contributed by atoms with E-state index >= 15 is 0 Å². The van der Waals surface area contributed by atoms with Crippen molar-refractivity contribution in [2.45, 2.75) is 74.1 Å². The molecule has 2 saturated heterocycles. The van der Waals surface area contributed by atoms with Crippen molar-refractivity contribution in [1.82, 2.24) is 29.5 Å². The third-order valence-electron chi connectivity index (χ3n) is 9.90. The Morgan fingerprint density at radius 2 is 1.98 bits per heavy atom. The Morgan fingerprint density at radius 1 is 1.18 bits per heavy atom.